The molecule has 9 nitrogen and oxygen atoms in total. The van der Waals surface area contributed by atoms with Crippen LogP contribution in [0.4, 0.5) is 22.4 Å². The number of nitrogens with one attached hydrogen (secondary N) is 2. The number of urea groups is 1. The number of halogens is 4. The first-order chi connectivity index (χ1) is 20.0. The lowest BCUT2D eigenvalue weighted by atomic mass is 10.00. The van der Waals surface area contributed by atoms with Crippen molar-refractivity contribution >= 4 is 17.8 Å². The molecule has 2 aromatic rings. The molecule has 2 aliphatic heterocycles. The maximum Gasteiger partial charge on any atom is 0.317 e. The van der Waals surface area contributed by atoms with Crippen LogP contribution in [0.2, 0.25) is 0 Å². The number of pyridine rings is 1. The standard InChI is InChI=1S/C29H36F4N6O3/c1-18(2)20-8-9-22(34-15-20)25(19-6-4-3-5-7-19)36-28(41)23-14-21(30)17-39(23)24(40)16-35-29(42)38-12-10-37(11-13-38)27(33)26(31)32/h3-9,15,18,21,23,25-27H,10-14,16-17H2,1-2H3,(H,35,42)(H,36,41). The highest BCUT2D eigenvalue weighted by atomic mass is 19.3. The number of likely N-dealkylation sites (tertiary alicyclic amines) is 1. The smallest absolute Gasteiger partial charge is 0.317 e. The van der Waals surface area contributed by atoms with E-state index in [2.05, 4.69) is 15.6 Å². The number of benzene rings is 1. The van der Waals surface area contributed by atoms with Crippen molar-refractivity contribution in [2.75, 3.05) is 39.3 Å². The van der Waals surface area contributed by atoms with Crippen LogP contribution in [-0.4, -0.2) is 102 Å². The van der Waals surface area contributed by atoms with E-state index in [4.69, 9.17) is 0 Å². The van der Waals surface area contributed by atoms with Gasteiger partial charge >= 0.3 is 6.03 Å². The van der Waals surface area contributed by atoms with Gasteiger partial charge in [-0.05, 0) is 23.1 Å². The van der Waals surface area contributed by atoms with Gasteiger partial charge in [0.2, 0.25) is 18.1 Å². The van der Waals surface area contributed by atoms with Gasteiger partial charge in [-0.25, -0.2) is 22.4 Å². The Morgan fingerprint density at radius 2 is 1.67 bits per heavy atom. The third-order valence-electron chi connectivity index (χ3n) is 7.61. The van der Waals surface area contributed by atoms with Crippen molar-refractivity contribution < 1.29 is 31.9 Å². The van der Waals surface area contributed by atoms with Crippen LogP contribution in [-0.2, 0) is 9.59 Å². The van der Waals surface area contributed by atoms with Gasteiger partial charge in [0.1, 0.15) is 12.2 Å². The van der Waals surface area contributed by atoms with Gasteiger partial charge in [-0.15, -0.1) is 0 Å². The van der Waals surface area contributed by atoms with Crippen molar-refractivity contribution in [1.29, 1.82) is 0 Å². The average Bonchev–Trinajstić information content (AvgIpc) is 3.40. The number of hydrogen-bond acceptors (Lipinski definition) is 5. The fourth-order valence-electron chi connectivity index (χ4n) is 5.15. The van der Waals surface area contributed by atoms with Gasteiger partial charge in [-0.1, -0.05) is 50.2 Å². The second-order valence-corrected chi connectivity index (χ2v) is 10.8. The van der Waals surface area contributed by atoms with E-state index in [9.17, 15) is 31.9 Å². The Morgan fingerprint density at radius 1 is 0.976 bits per heavy atom. The van der Waals surface area contributed by atoms with Gasteiger partial charge < -0.3 is 20.4 Å². The van der Waals surface area contributed by atoms with Crippen LogP contribution in [0.3, 0.4) is 0 Å². The molecular formula is C29H36F4N6O3. The molecule has 2 aliphatic rings. The largest absolute Gasteiger partial charge is 0.342 e. The number of nitrogens with zero attached hydrogens (tertiary/aromatic N) is 4. The highest BCUT2D eigenvalue weighted by Gasteiger charge is 2.41. The molecule has 4 amide bonds. The third kappa shape index (κ3) is 7.55. The number of hydrogen-bond donors (Lipinski definition) is 2. The number of aromatic nitrogens is 1. The summed E-state index contributed by atoms with van der Waals surface area (Å²) in [6, 6.07) is 10.6. The Kier molecular flexibility index (Phi) is 10.4. The molecule has 13 heteroatoms. The van der Waals surface area contributed by atoms with Gasteiger partial charge in [-0.2, -0.15) is 0 Å². The lowest BCUT2D eigenvalue weighted by Gasteiger charge is -2.36. The van der Waals surface area contributed by atoms with E-state index in [1.165, 1.54) is 4.90 Å². The maximum absolute atomic E-state index is 14.5. The summed E-state index contributed by atoms with van der Waals surface area (Å²) in [7, 11) is 0. The Hall–Kier alpha value is -3.74. The van der Waals surface area contributed by atoms with Crippen LogP contribution in [0.1, 0.15) is 49.0 Å². The van der Waals surface area contributed by atoms with Gasteiger partial charge in [0.05, 0.1) is 24.8 Å². The molecule has 42 heavy (non-hydrogen) atoms. The summed E-state index contributed by atoms with van der Waals surface area (Å²) >= 11 is 0. The number of alkyl halides is 4. The van der Waals surface area contributed by atoms with E-state index < -0.39 is 55.4 Å². The Bertz CT molecular complexity index is 1210. The van der Waals surface area contributed by atoms with Gasteiger partial charge in [0, 0.05) is 38.8 Å². The molecule has 2 fully saturated rings. The predicted octanol–water partition coefficient (Wildman–Crippen LogP) is 3.24. The molecule has 0 radical (unpaired) electrons. The molecular weight excluding hydrogens is 556 g/mol. The zero-order valence-electron chi connectivity index (χ0n) is 23.6. The van der Waals surface area contributed by atoms with Crippen molar-refractivity contribution in [3.8, 4) is 0 Å². The van der Waals surface area contributed by atoms with Crippen LogP contribution in [0.15, 0.2) is 48.7 Å². The number of amides is 4. The van der Waals surface area contributed by atoms with Gasteiger partial charge in [0.15, 0.2) is 0 Å². The topological polar surface area (TPSA) is 97.9 Å². The zero-order chi connectivity index (χ0) is 30.4. The molecule has 0 saturated carbocycles. The highest BCUT2D eigenvalue weighted by Crippen LogP contribution is 2.26. The SMILES string of the molecule is CC(C)c1ccc(C(NC(=O)C2CC(F)CN2C(=O)CNC(=O)N2CCN(C(F)C(F)F)CC2)c2ccccc2)nc1. The number of carbonyl (C=O) groups is 3. The summed E-state index contributed by atoms with van der Waals surface area (Å²) in [5.41, 5.74) is 2.39. The second-order valence-electron chi connectivity index (χ2n) is 10.8. The third-order valence-corrected chi connectivity index (χ3v) is 7.61. The van der Waals surface area contributed by atoms with Crippen molar-refractivity contribution in [3.63, 3.8) is 0 Å². The first kappa shape index (κ1) is 31.2. The summed E-state index contributed by atoms with van der Waals surface area (Å²) in [5, 5.41) is 5.39. The molecule has 1 aromatic carbocycles. The average molecular weight is 593 g/mol. The minimum atomic E-state index is -3.14. The van der Waals surface area contributed by atoms with E-state index >= 15 is 0 Å². The van der Waals surface area contributed by atoms with Crippen LogP contribution in [0, 0.1) is 0 Å². The Morgan fingerprint density at radius 3 is 2.26 bits per heavy atom. The summed E-state index contributed by atoms with van der Waals surface area (Å²) in [6.45, 7) is 3.15. The monoisotopic (exact) mass is 592 g/mol. The molecule has 0 spiro atoms. The molecule has 2 saturated heterocycles. The minimum absolute atomic E-state index is 0.00151. The van der Waals surface area contributed by atoms with E-state index in [1.807, 2.05) is 56.3 Å². The molecule has 0 aliphatic carbocycles. The molecule has 228 valence electrons. The number of piperazine rings is 1. The summed E-state index contributed by atoms with van der Waals surface area (Å²) < 4.78 is 53.3. The quantitative estimate of drug-likeness (QED) is 0.344. The molecule has 3 heterocycles. The van der Waals surface area contributed by atoms with Gasteiger partial charge in [-0.3, -0.25) is 19.5 Å². The molecule has 2 N–H and O–H groups in total. The highest BCUT2D eigenvalue weighted by molar-refractivity contribution is 5.91. The Balaban J connectivity index is 1.38. The molecule has 4 atom stereocenters. The summed E-state index contributed by atoms with van der Waals surface area (Å²) in [6.07, 6.45) is -5.40. The van der Waals surface area contributed by atoms with Crippen LogP contribution < -0.4 is 10.6 Å². The molecule has 4 unspecified atom stereocenters. The van der Waals surface area contributed by atoms with Gasteiger partial charge in [0.25, 0.3) is 6.43 Å². The van der Waals surface area contributed by atoms with Crippen LogP contribution in [0.25, 0.3) is 0 Å². The van der Waals surface area contributed by atoms with Crippen LogP contribution >= 0.6 is 0 Å². The van der Waals surface area contributed by atoms with Crippen molar-refractivity contribution in [3.05, 3.63) is 65.5 Å². The predicted molar refractivity (Wildman–Crippen MR) is 147 cm³/mol. The minimum Gasteiger partial charge on any atom is -0.342 e. The van der Waals surface area contributed by atoms with E-state index in [0.29, 0.717) is 5.69 Å². The fraction of sp³-hybridized carbons (Fsp3) is 0.517. The normalized spacial score (nSPS) is 21.0. The molecule has 0 bridgehead atoms. The summed E-state index contributed by atoms with van der Waals surface area (Å²) in [4.78, 5) is 47.0. The number of rotatable bonds is 9. The van der Waals surface area contributed by atoms with E-state index in [0.717, 1.165) is 20.9 Å². The Labute approximate surface area is 242 Å². The first-order valence-electron chi connectivity index (χ1n) is 14.0. The lowest BCUT2D eigenvalue weighted by molar-refractivity contribution is -0.137. The van der Waals surface area contributed by atoms with E-state index in [1.54, 1.807) is 6.20 Å². The first-order valence-corrected chi connectivity index (χ1v) is 14.0. The second kappa shape index (κ2) is 14.0. The van der Waals surface area contributed by atoms with Crippen molar-refractivity contribution in [2.45, 2.75) is 57.2 Å². The summed E-state index contributed by atoms with van der Waals surface area (Å²) in [5.74, 6) is -0.914. The van der Waals surface area contributed by atoms with Crippen LogP contribution in [0.5, 0.6) is 0 Å². The fourth-order valence-corrected chi connectivity index (χ4v) is 5.15. The maximum atomic E-state index is 14.5. The number of carbonyl (C=O) groups excluding carboxylic acids is 3. The van der Waals surface area contributed by atoms with E-state index in [-0.39, 0.29) is 45.1 Å². The zero-order valence-corrected chi connectivity index (χ0v) is 23.6. The van der Waals surface area contributed by atoms with Crippen molar-refractivity contribution in [2.24, 2.45) is 0 Å². The lowest BCUT2D eigenvalue weighted by Crippen LogP contribution is -2.56. The molecule has 1 aromatic heterocycles. The molecule has 4 rings (SSSR count). The van der Waals surface area contributed by atoms with Crippen molar-refractivity contribution in [1.82, 2.24) is 30.3 Å².